The highest BCUT2D eigenvalue weighted by Crippen LogP contribution is 2.29. The molecular formula is C12H18N4O. The van der Waals surface area contributed by atoms with Crippen LogP contribution in [0.2, 0.25) is 0 Å². The molecule has 0 aromatic heterocycles. The molecule has 2 fully saturated rings. The summed E-state index contributed by atoms with van der Waals surface area (Å²) in [5.74, 6) is 6.67. The molecule has 2 N–H and O–H groups in total. The maximum Gasteiger partial charge on any atom is 0.243 e. The third-order valence-corrected chi connectivity index (χ3v) is 3.92. The second kappa shape index (κ2) is 4.14. The van der Waals surface area contributed by atoms with Crippen molar-refractivity contribution in [3.8, 4) is 0 Å². The van der Waals surface area contributed by atoms with Gasteiger partial charge in [0.1, 0.15) is 5.70 Å². The number of hydrogen-bond acceptors (Lipinski definition) is 4. The highest BCUT2D eigenvalue weighted by Gasteiger charge is 2.35. The Morgan fingerprint density at radius 1 is 1.29 bits per heavy atom. The van der Waals surface area contributed by atoms with E-state index in [1.54, 1.807) is 6.20 Å². The van der Waals surface area contributed by atoms with Gasteiger partial charge in [0.05, 0.1) is 6.20 Å². The monoisotopic (exact) mass is 234 g/mol. The number of aliphatic imine (C=N–C) groups is 1. The molecule has 5 nitrogen and oxygen atoms in total. The zero-order chi connectivity index (χ0) is 11.8. The van der Waals surface area contributed by atoms with Gasteiger partial charge in [0.25, 0.3) is 0 Å². The lowest BCUT2D eigenvalue weighted by Crippen LogP contribution is -2.46. The Balaban J connectivity index is 1.79. The Morgan fingerprint density at radius 2 is 2.06 bits per heavy atom. The largest absolute Gasteiger partial charge is 0.351 e. The lowest BCUT2D eigenvalue weighted by atomic mass is 9.93. The third-order valence-electron chi connectivity index (χ3n) is 3.92. The van der Waals surface area contributed by atoms with Gasteiger partial charge in [0.2, 0.25) is 5.91 Å². The molecule has 0 atom stereocenters. The van der Waals surface area contributed by atoms with Crippen molar-refractivity contribution in [3.63, 3.8) is 0 Å². The first-order valence-corrected chi connectivity index (χ1v) is 6.40. The highest BCUT2D eigenvalue weighted by molar-refractivity contribution is 6.06. The quantitative estimate of drug-likeness (QED) is 0.543. The zero-order valence-electron chi connectivity index (χ0n) is 9.93. The van der Waals surface area contributed by atoms with Gasteiger partial charge in [-0.15, -0.1) is 0 Å². The van der Waals surface area contributed by atoms with Crippen molar-refractivity contribution >= 4 is 11.7 Å². The molecule has 1 saturated heterocycles. The van der Waals surface area contributed by atoms with E-state index in [4.69, 9.17) is 5.84 Å². The maximum atomic E-state index is 11.7. The number of hydrogen-bond donors (Lipinski definition) is 1. The fourth-order valence-electron chi connectivity index (χ4n) is 2.90. The van der Waals surface area contributed by atoms with Crippen LogP contribution in [-0.2, 0) is 4.79 Å². The summed E-state index contributed by atoms with van der Waals surface area (Å²) in [4.78, 5) is 18.3. The van der Waals surface area contributed by atoms with Crippen LogP contribution in [0.3, 0.4) is 0 Å². The second-order valence-corrected chi connectivity index (χ2v) is 4.97. The van der Waals surface area contributed by atoms with Crippen molar-refractivity contribution < 1.29 is 4.79 Å². The SMILES string of the molecule is NN1C(=O)CCN(C2CCCCC2)C2=NC=C21. The number of carbonyl (C=O) groups excluding carboxylic acids is 1. The molecule has 1 aliphatic carbocycles. The molecule has 0 bridgehead atoms. The minimum absolute atomic E-state index is 0.0121. The summed E-state index contributed by atoms with van der Waals surface area (Å²) in [5, 5.41) is 1.26. The van der Waals surface area contributed by atoms with Gasteiger partial charge < -0.3 is 4.90 Å². The van der Waals surface area contributed by atoms with Crippen LogP contribution in [0.25, 0.3) is 0 Å². The summed E-state index contributed by atoms with van der Waals surface area (Å²) in [6, 6.07) is 0.547. The molecule has 5 heteroatoms. The summed E-state index contributed by atoms with van der Waals surface area (Å²) in [5.41, 5.74) is 0.790. The molecule has 2 heterocycles. The topological polar surface area (TPSA) is 61.9 Å². The van der Waals surface area contributed by atoms with E-state index in [1.165, 1.54) is 37.1 Å². The van der Waals surface area contributed by atoms with Crippen LogP contribution in [0.15, 0.2) is 16.9 Å². The minimum Gasteiger partial charge on any atom is -0.351 e. The van der Waals surface area contributed by atoms with Crippen LogP contribution < -0.4 is 5.84 Å². The Labute approximate surface area is 101 Å². The fraction of sp³-hybridized carbons (Fsp3) is 0.667. The molecule has 0 aromatic carbocycles. The van der Waals surface area contributed by atoms with Crippen molar-refractivity contribution in [3.05, 3.63) is 11.9 Å². The molecule has 1 amide bonds. The lowest BCUT2D eigenvalue weighted by molar-refractivity contribution is -0.129. The van der Waals surface area contributed by atoms with Gasteiger partial charge in [-0.3, -0.25) is 4.79 Å². The first-order valence-electron chi connectivity index (χ1n) is 6.40. The Bertz CT molecular complexity index is 395. The van der Waals surface area contributed by atoms with Crippen LogP contribution >= 0.6 is 0 Å². The molecule has 0 spiro atoms. The Morgan fingerprint density at radius 3 is 2.71 bits per heavy atom. The molecule has 0 radical (unpaired) electrons. The minimum atomic E-state index is -0.0121. The average Bonchev–Trinajstić information content (AvgIpc) is 2.40. The number of nitrogens with zero attached hydrogens (tertiary/aromatic N) is 3. The molecule has 1 saturated carbocycles. The van der Waals surface area contributed by atoms with Gasteiger partial charge >= 0.3 is 0 Å². The first kappa shape index (κ1) is 10.8. The first-order chi connectivity index (χ1) is 8.27. The van der Waals surface area contributed by atoms with E-state index in [0.29, 0.717) is 12.5 Å². The van der Waals surface area contributed by atoms with Crippen LogP contribution in [0, 0.1) is 0 Å². The standard InChI is InChI=1S/C12H18N4O/c13-16-10-8-14-12(10)15(7-6-11(16)17)9-4-2-1-3-5-9/h8-9H,1-7,13H2. The number of amides is 1. The maximum absolute atomic E-state index is 11.7. The molecule has 0 unspecified atom stereocenters. The van der Waals surface area contributed by atoms with E-state index in [2.05, 4.69) is 9.89 Å². The van der Waals surface area contributed by atoms with E-state index in [0.717, 1.165) is 18.1 Å². The van der Waals surface area contributed by atoms with Crippen molar-refractivity contribution in [1.29, 1.82) is 0 Å². The van der Waals surface area contributed by atoms with Crippen molar-refractivity contribution in [1.82, 2.24) is 9.91 Å². The fourth-order valence-corrected chi connectivity index (χ4v) is 2.90. The van der Waals surface area contributed by atoms with E-state index in [9.17, 15) is 4.79 Å². The number of nitrogens with two attached hydrogens (primary N) is 1. The summed E-state index contributed by atoms with van der Waals surface area (Å²) < 4.78 is 0. The summed E-state index contributed by atoms with van der Waals surface area (Å²) >= 11 is 0. The molecular weight excluding hydrogens is 216 g/mol. The molecule has 17 heavy (non-hydrogen) atoms. The van der Waals surface area contributed by atoms with Gasteiger partial charge in [-0.1, -0.05) is 19.3 Å². The average molecular weight is 234 g/mol. The van der Waals surface area contributed by atoms with E-state index in [-0.39, 0.29) is 5.91 Å². The van der Waals surface area contributed by atoms with Gasteiger partial charge in [-0.25, -0.2) is 15.8 Å². The predicted octanol–water partition coefficient (Wildman–Crippen LogP) is 0.981. The van der Waals surface area contributed by atoms with E-state index in [1.807, 2.05) is 0 Å². The molecule has 3 aliphatic rings. The van der Waals surface area contributed by atoms with Crippen molar-refractivity contribution in [2.45, 2.75) is 44.6 Å². The number of hydrazine groups is 1. The van der Waals surface area contributed by atoms with E-state index < -0.39 is 0 Å². The molecule has 92 valence electrons. The third kappa shape index (κ3) is 1.74. The molecule has 0 aromatic rings. The Hall–Kier alpha value is -1.36. The normalized spacial score (nSPS) is 25.8. The molecule has 2 aliphatic heterocycles. The van der Waals surface area contributed by atoms with Gasteiger partial charge in [-0.05, 0) is 12.8 Å². The van der Waals surface area contributed by atoms with Gasteiger partial charge in [0, 0.05) is 19.0 Å². The predicted molar refractivity (Wildman–Crippen MR) is 64.7 cm³/mol. The van der Waals surface area contributed by atoms with Gasteiger partial charge in [0.15, 0.2) is 5.84 Å². The summed E-state index contributed by atoms with van der Waals surface area (Å²) in [6.45, 7) is 0.757. The smallest absolute Gasteiger partial charge is 0.243 e. The number of fused-ring (bicyclic) bond motifs is 1. The van der Waals surface area contributed by atoms with E-state index >= 15 is 0 Å². The van der Waals surface area contributed by atoms with Crippen LogP contribution in [0.1, 0.15) is 38.5 Å². The summed E-state index contributed by atoms with van der Waals surface area (Å²) in [6.07, 6.45) is 8.51. The number of amidine groups is 1. The highest BCUT2D eigenvalue weighted by atomic mass is 16.2. The molecule has 3 rings (SSSR count). The van der Waals surface area contributed by atoms with Crippen molar-refractivity contribution in [2.24, 2.45) is 10.8 Å². The van der Waals surface area contributed by atoms with Crippen LogP contribution in [0.4, 0.5) is 0 Å². The lowest BCUT2D eigenvalue weighted by Gasteiger charge is -2.37. The van der Waals surface area contributed by atoms with Gasteiger partial charge in [-0.2, -0.15) is 0 Å². The Kier molecular flexibility index (Phi) is 2.63. The van der Waals surface area contributed by atoms with Crippen molar-refractivity contribution in [2.75, 3.05) is 6.54 Å². The summed E-state index contributed by atoms with van der Waals surface area (Å²) in [7, 11) is 0. The van der Waals surface area contributed by atoms with Crippen LogP contribution in [0.5, 0.6) is 0 Å². The number of carbonyl (C=O) groups is 1. The number of rotatable bonds is 1. The second-order valence-electron chi connectivity index (χ2n) is 4.97. The zero-order valence-corrected chi connectivity index (χ0v) is 9.93. The van der Waals surface area contributed by atoms with Crippen LogP contribution in [-0.4, -0.2) is 34.2 Å².